The third-order valence-corrected chi connectivity index (χ3v) is 2.60. The van der Waals surface area contributed by atoms with Gasteiger partial charge in [-0.1, -0.05) is 37.5 Å². The third kappa shape index (κ3) is 4.07. The lowest BCUT2D eigenvalue weighted by Crippen LogP contribution is -1.99. The molecule has 1 aromatic carbocycles. The summed E-state index contributed by atoms with van der Waals surface area (Å²) in [6, 6.07) is 4.20. The molecule has 0 aliphatic rings. The van der Waals surface area contributed by atoms with E-state index < -0.39 is 0 Å². The second-order valence-corrected chi connectivity index (χ2v) is 5.04. The van der Waals surface area contributed by atoms with Gasteiger partial charge in [0.25, 0.3) is 0 Å². The number of rotatable bonds is 2. The first-order valence-electron chi connectivity index (χ1n) is 6.03. The van der Waals surface area contributed by atoms with Crippen molar-refractivity contribution in [1.29, 1.82) is 0 Å². The zero-order valence-corrected chi connectivity index (χ0v) is 11.3. The van der Waals surface area contributed by atoms with Crippen molar-refractivity contribution in [3.8, 4) is 11.8 Å². The lowest BCUT2D eigenvalue weighted by molar-refractivity contribution is -0.114. The number of hydrogen-bond acceptors (Lipinski definition) is 1. The largest absolute Gasteiger partial charge is 0.285 e. The van der Waals surface area contributed by atoms with E-state index in [0.717, 1.165) is 16.7 Å². The maximum atomic E-state index is 11.5. The molecule has 0 radical (unpaired) electrons. The number of aryl methyl sites for hydroxylation is 3. The second-order valence-electron chi connectivity index (χ2n) is 5.04. The van der Waals surface area contributed by atoms with Gasteiger partial charge in [0.15, 0.2) is 0 Å². The number of ketones is 1. The van der Waals surface area contributed by atoms with Gasteiger partial charge in [-0.3, -0.25) is 4.79 Å². The van der Waals surface area contributed by atoms with Crippen molar-refractivity contribution in [2.75, 3.05) is 0 Å². The Morgan fingerprint density at radius 2 is 1.71 bits per heavy atom. The lowest BCUT2D eigenvalue weighted by atomic mass is 10.00. The molecule has 0 saturated carbocycles. The van der Waals surface area contributed by atoms with Crippen LogP contribution in [0.4, 0.5) is 0 Å². The molecule has 1 heteroatoms. The molecule has 90 valence electrons. The van der Waals surface area contributed by atoms with Crippen LogP contribution in [0.5, 0.6) is 0 Å². The molecule has 1 rings (SSSR count). The first-order valence-corrected chi connectivity index (χ1v) is 6.03. The minimum absolute atomic E-state index is 0.0272. The van der Waals surface area contributed by atoms with Gasteiger partial charge in [-0.05, 0) is 43.7 Å². The summed E-state index contributed by atoms with van der Waals surface area (Å²) in [7, 11) is 0. The number of Topliss-reactive ketones (excluding diaryl/α,β-unsaturated/α-hetero) is 1. The van der Waals surface area contributed by atoms with Crippen molar-refractivity contribution in [3.05, 3.63) is 34.4 Å². The van der Waals surface area contributed by atoms with E-state index in [1.54, 1.807) is 0 Å². The molecule has 0 aliphatic heterocycles. The molecule has 1 nitrogen and oxygen atoms in total. The molecule has 0 N–H and O–H groups in total. The maximum Gasteiger partial charge on any atom is 0.206 e. The van der Waals surface area contributed by atoms with Crippen LogP contribution >= 0.6 is 0 Å². The van der Waals surface area contributed by atoms with Gasteiger partial charge < -0.3 is 0 Å². The SMILES string of the molecule is Cc1cc(C)c(C#CC(=O)CC(C)C)c(C)c1. The predicted octanol–water partition coefficient (Wildman–Crippen LogP) is 3.58. The van der Waals surface area contributed by atoms with Crippen LogP contribution in [0.1, 0.15) is 42.5 Å². The van der Waals surface area contributed by atoms with Gasteiger partial charge >= 0.3 is 0 Å². The summed E-state index contributed by atoms with van der Waals surface area (Å²) < 4.78 is 0. The highest BCUT2D eigenvalue weighted by atomic mass is 16.1. The van der Waals surface area contributed by atoms with Crippen molar-refractivity contribution in [3.63, 3.8) is 0 Å². The normalized spacial score (nSPS) is 10.0. The Kier molecular flexibility index (Phi) is 4.52. The van der Waals surface area contributed by atoms with Crippen LogP contribution in [0.25, 0.3) is 0 Å². The van der Waals surface area contributed by atoms with Gasteiger partial charge in [-0.15, -0.1) is 0 Å². The Morgan fingerprint density at radius 3 is 2.18 bits per heavy atom. The van der Waals surface area contributed by atoms with Crippen molar-refractivity contribution < 1.29 is 4.79 Å². The van der Waals surface area contributed by atoms with Crippen LogP contribution in [-0.4, -0.2) is 5.78 Å². The zero-order chi connectivity index (χ0) is 13.0. The summed E-state index contributed by atoms with van der Waals surface area (Å²) >= 11 is 0. The topological polar surface area (TPSA) is 17.1 Å². The lowest BCUT2D eigenvalue weighted by Gasteiger charge is -2.04. The fourth-order valence-electron chi connectivity index (χ4n) is 1.93. The first-order chi connectivity index (χ1) is 7.90. The Bertz CT molecular complexity index is 461. The number of benzene rings is 1. The van der Waals surface area contributed by atoms with Crippen LogP contribution in [-0.2, 0) is 4.79 Å². The van der Waals surface area contributed by atoms with Crippen molar-refractivity contribution in [2.45, 2.75) is 41.0 Å². The molecule has 0 fully saturated rings. The van der Waals surface area contributed by atoms with Gasteiger partial charge in [0.05, 0.1) is 0 Å². The van der Waals surface area contributed by atoms with Crippen LogP contribution in [0.15, 0.2) is 12.1 Å². The van der Waals surface area contributed by atoms with Crippen molar-refractivity contribution >= 4 is 5.78 Å². The van der Waals surface area contributed by atoms with E-state index in [-0.39, 0.29) is 5.78 Å². The van der Waals surface area contributed by atoms with E-state index in [9.17, 15) is 4.79 Å². The van der Waals surface area contributed by atoms with Gasteiger partial charge in [-0.25, -0.2) is 0 Å². The summed E-state index contributed by atoms with van der Waals surface area (Å²) in [5.41, 5.74) is 4.52. The number of carbonyl (C=O) groups is 1. The van der Waals surface area contributed by atoms with Crippen LogP contribution in [0.2, 0.25) is 0 Å². The second kappa shape index (κ2) is 5.68. The molecule has 0 atom stereocenters. The maximum absolute atomic E-state index is 11.5. The molecule has 0 spiro atoms. The van der Waals surface area contributed by atoms with E-state index in [1.807, 2.05) is 27.7 Å². The van der Waals surface area contributed by atoms with Gasteiger partial charge in [0.1, 0.15) is 0 Å². The van der Waals surface area contributed by atoms with E-state index in [0.29, 0.717) is 12.3 Å². The minimum atomic E-state index is 0.0272. The number of hydrogen-bond donors (Lipinski definition) is 0. The zero-order valence-electron chi connectivity index (χ0n) is 11.3. The molecule has 1 aromatic rings. The summed E-state index contributed by atoms with van der Waals surface area (Å²) in [4.78, 5) is 11.5. The Morgan fingerprint density at radius 1 is 1.18 bits per heavy atom. The Hall–Kier alpha value is -1.55. The highest BCUT2D eigenvalue weighted by Crippen LogP contribution is 2.14. The van der Waals surface area contributed by atoms with Crippen LogP contribution in [0, 0.1) is 38.5 Å². The van der Waals surface area contributed by atoms with Crippen LogP contribution in [0.3, 0.4) is 0 Å². The standard InChI is InChI=1S/C16H20O/c1-11(2)8-15(17)6-7-16-13(4)9-12(3)10-14(16)5/h9-11H,8H2,1-5H3. The Labute approximate surface area is 104 Å². The summed E-state index contributed by atoms with van der Waals surface area (Å²) in [5, 5.41) is 0. The average molecular weight is 228 g/mol. The van der Waals surface area contributed by atoms with Gasteiger partial charge in [-0.2, -0.15) is 0 Å². The molecule has 17 heavy (non-hydrogen) atoms. The quantitative estimate of drug-likeness (QED) is 0.707. The fraction of sp³-hybridized carbons (Fsp3) is 0.438. The predicted molar refractivity (Wildman–Crippen MR) is 72.0 cm³/mol. The summed E-state index contributed by atoms with van der Waals surface area (Å²) in [5.74, 6) is 6.16. The molecule has 0 aliphatic carbocycles. The van der Waals surface area contributed by atoms with E-state index in [4.69, 9.17) is 0 Å². The molecular weight excluding hydrogens is 208 g/mol. The molecule has 0 heterocycles. The molecule has 0 aromatic heterocycles. The van der Waals surface area contributed by atoms with Crippen molar-refractivity contribution in [1.82, 2.24) is 0 Å². The van der Waals surface area contributed by atoms with Gasteiger partial charge in [0.2, 0.25) is 5.78 Å². The monoisotopic (exact) mass is 228 g/mol. The minimum Gasteiger partial charge on any atom is -0.285 e. The van der Waals surface area contributed by atoms with E-state index in [1.165, 1.54) is 5.56 Å². The molecule has 0 bridgehead atoms. The number of carbonyl (C=O) groups excluding carboxylic acids is 1. The third-order valence-electron chi connectivity index (χ3n) is 2.60. The molecule has 0 saturated heterocycles. The first kappa shape index (κ1) is 13.5. The van der Waals surface area contributed by atoms with E-state index >= 15 is 0 Å². The van der Waals surface area contributed by atoms with Crippen molar-refractivity contribution in [2.24, 2.45) is 5.92 Å². The molecule has 0 unspecified atom stereocenters. The highest BCUT2D eigenvalue weighted by molar-refractivity contribution is 5.96. The van der Waals surface area contributed by atoms with E-state index in [2.05, 4.69) is 30.9 Å². The van der Waals surface area contributed by atoms with Crippen LogP contribution < -0.4 is 0 Å². The van der Waals surface area contributed by atoms with Gasteiger partial charge in [0, 0.05) is 12.0 Å². The smallest absolute Gasteiger partial charge is 0.206 e. The summed E-state index contributed by atoms with van der Waals surface area (Å²) in [6.07, 6.45) is 0.539. The fourth-order valence-corrected chi connectivity index (χ4v) is 1.93. The summed E-state index contributed by atoms with van der Waals surface area (Å²) in [6.45, 7) is 10.2. The molecule has 0 amide bonds. The average Bonchev–Trinajstić information content (AvgIpc) is 2.14. The highest BCUT2D eigenvalue weighted by Gasteiger charge is 2.03. The molecular formula is C16H20O. The Balaban J connectivity index is 2.96.